The lowest BCUT2D eigenvalue weighted by atomic mass is 9.73. The van der Waals surface area contributed by atoms with Crippen LogP contribution in [0.5, 0.6) is 0 Å². The van der Waals surface area contributed by atoms with Crippen molar-refractivity contribution < 1.29 is 5.11 Å². The van der Waals surface area contributed by atoms with E-state index in [9.17, 15) is 5.11 Å². The Balaban J connectivity index is 1.85. The maximum atomic E-state index is 10.3. The van der Waals surface area contributed by atoms with Gasteiger partial charge in [-0.2, -0.15) is 0 Å². The first kappa shape index (κ1) is 17.3. The average Bonchev–Trinajstić information content (AvgIpc) is 3.01. The second-order valence-electron chi connectivity index (χ2n) is 6.37. The SMILES string of the molecule is CCNC(=NCC1(C)CCCCC1O)NCCc1cccs1. The number of nitrogens with zero attached hydrogens (tertiary/aromatic N) is 1. The van der Waals surface area contributed by atoms with Crippen LogP contribution >= 0.6 is 11.3 Å². The minimum Gasteiger partial charge on any atom is -0.392 e. The minimum absolute atomic E-state index is 0.0750. The first-order valence-corrected chi connectivity index (χ1v) is 9.24. The van der Waals surface area contributed by atoms with Crippen molar-refractivity contribution in [1.82, 2.24) is 10.6 Å². The number of aliphatic imine (C=N–C) groups is 1. The molecule has 0 aromatic carbocycles. The first-order chi connectivity index (χ1) is 10.6. The summed E-state index contributed by atoms with van der Waals surface area (Å²) in [7, 11) is 0. The largest absolute Gasteiger partial charge is 0.392 e. The van der Waals surface area contributed by atoms with Crippen molar-refractivity contribution >= 4 is 17.3 Å². The number of nitrogens with one attached hydrogen (secondary N) is 2. The lowest BCUT2D eigenvalue weighted by Gasteiger charge is -2.37. The molecule has 1 aliphatic carbocycles. The molecule has 4 nitrogen and oxygen atoms in total. The van der Waals surface area contributed by atoms with Gasteiger partial charge in [0.1, 0.15) is 0 Å². The van der Waals surface area contributed by atoms with E-state index in [2.05, 4.69) is 42.0 Å². The molecule has 2 atom stereocenters. The van der Waals surface area contributed by atoms with Crippen molar-refractivity contribution in [2.75, 3.05) is 19.6 Å². The molecule has 3 N–H and O–H groups in total. The van der Waals surface area contributed by atoms with E-state index in [1.165, 1.54) is 11.3 Å². The van der Waals surface area contributed by atoms with Gasteiger partial charge in [-0.15, -0.1) is 11.3 Å². The molecule has 1 aromatic rings. The molecule has 0 bridgehead atoms. The fourth-order valence-electron chi connectivity index (χ4n) is 2.93. The molecule has 1 aliphatic rings. The van der Waals surface area contributed by atoms with Gasteiger partial charge in [-0.05, 0) is 37.6 Å². The fourth-order valence-corrected chi connectivity index (χ4v) is 3.64. The van der Waals surface area contributed by atoms with E-state index in [1.54, 1.807) is 11.3 Å². The third-order valence-electron chi connectivity index (χ3n) is 4.47. The molecule has 1 fully saturated rings. The third kappa shape index (κ3) is 4.99. The monoisotopic (exact) mass is 323 g/mol. The zero-order valence-electron chi connectivity index (χ0n) is 13.8. The van der Waals surface area contributed by atoms with E-state index in [0.717, 1.165) is 44.7 Å². The van der Waals surface area contributed by atoms with Gasteiger partial charge < -0.3 is 15.7 Å². The van der Waals surface area contributed by atoms with Crippen molar-refractivity contribution in [3.8, 4) is 0 Å². The zero-order chi connectivity index (χ0) is 15.8. The van der Waals surface area contributed by atoms with Crippen LogP contribution in [0, 0.1) is 5.41 Å². The predicted molar refractivity (Wildman–Crippen MR) is 94.6 cm³/mol. The molecule has 5 heteroatoms. The molecule has 124 valence electrons. The molecular formula is C17H29N3OS. The fraction of sp³-hybridized carbons (Fsp3) is 0.706. The molecule has 0 saturated heterocycles. The smallest absolute Gasteiger partial charge is 0.191 e. The van der Waals surface area contributed by atoms with E-state index in [4.69, 9.17) is 4.99 Å². The molecule has 1 saturated carbocycles. The van der Waals surface area contributed by atoms with E-state index in [-0.39, 0.29) is 11.5 Å². The summed E-state index contributed by atoms with van der Waals surface area (Å²) in [5, 5.41) is 19.1. The molecule has 2 unspecified atom stereocenters. The quantitative estimate of drug-likeness (QED) is 0.557. The standard InChI is InChI=1S/C17H29N3OS/c1-3-18-16(19-11-9-14-7-6-12-22-14)20-13-17(2)10-5-4-8-15(17)21/h6-7,12,15,21H,3-5,8-11,13H2,1-2H3,(H2,18,19,20). The summed E-state index contributed by atoms with van der Waals surface area (Å²) < 4.78 is 0. The highest BCUT2D eigenvalue weighted by molar-refractivity contribution is 7.09. The molecule has 1 aromatic heterocycles. The Kier molecular flexibility index (Phi) is 6.70. The summed E-state index contributed by atoms with van der Waals surface area (Å²) in [4.78, 5) is 6.10. The Morgan fingerprint density at radius 3 is 3.00 bits per heavy atom. The minimum atomic E-state index is -0.223. The normalized spacial score (nSPS) is 26.0. The number of thiophene rings is 1. The molecule has 22 heavy (non-hydrogen) atoms. The second-order valence-corrected chi connectivity index (χ2v) is 7.40. The Hall–Kier alpha value is -1.07. The van der Waals surface area contributed by atoms with Gasteiger partial charge in [0, 0.05) is 23.4 Å². The Morgan fingerprint density at radius 1 is 1.45 bits per heavy atom. The molecular weight excluding hydrogens is 294 g/mol. The lowest BCUT2D eigenvalue weighted by molar-refractivity contribution is 0.00716. The molecule has 0 aliphatic heterocycles. The number of hydrogen-bond acceptors (Lipinski definition) is 3. The highest BCUT2D eigenvalue weighted by Crippen LogP contribution is 2.36. The summed E-state index contributed by atoms with van der Waals surface area (Å²) in [5.74, 6) is 0.859. The van der Waals surface area contributed by atoms with E-state index in [1.807, 2.05) is 0 Å². The topological polar surface area (TPSA) is 56.7 Å². The molecule has 0 spiro atoms. The summed E-state index contributed by atoms with van der Waals surface area (Å²) >= 11 is 1.79. The van der Waals surface area contributed by atoms with Crippen LogP contribution in [-0.4, -0.2) is 36.8 Å². The predicted octanol–water partition coefficient (Wildman–Crippen LogP) is 2.79. The van der Waals surface area contributed by atoms with Gasteiger partial charge in [0.25, 0.3) is 0 Å². The van der Waals surface area contributed by atoms with Crippen molar-refractivity contribution in [3.05, 3.63) is 22.4 Å². The number of guanidine groups is 1. The molecule has 0 amide bonds. The van der Waals surface area contributed by atoms with Crippen LogP contribution in [0.25, 0.3) is 0 Å². The Bertz CT molecular complexity index is 460. The summed E-state index contributed by atoms with van der Waals surface area (Å²) in [6, 6.07) is 4.25. The number of aliphatic hydroxyl groups is 1. The van der Waals surface area contributed by atoms with Crippen LogP contribution < -0.4 is 10.6 Å². The Morgan fingerprint density at radius 2 is 2.32 bits per heavy atom. The lowest BCUT2D eigenvalue weighted by Crippen LogP contribution is -2.42. The number of rotatable bonds is 6. The Labute approximate surface area is 138 Å². The second kappa shape index (κ2) is 8.53. The maximum Gasteiger partial charge on any atom is 0.191 e. The number of aliphatic hydroxyl groups excluding tert-OH is 1. The van der Waals surface area contributed by atoms with Crippen LogP contribution in [0.1, 0.15) is 44.4 Å². The molecule has 1 heterocycles. The highest BCUT2D eigenvalue weighted by Gasteiger charge is 2.35. The first-order valence-electron chi connectivity index (χ1n) is 8.36. The van der Waals surface area contributed by atoms with E-state index < -0.39 is 0 Å². The molecule has 2 rings (SSSR count). The van der Waals surface area contributed by atoms with Gasteiger partial charge in [-0.25, -0.2) is 0 Å². The zero-order valence-corrected chi connectivity index (χ0v) is 14.6. The van der Waals surface area contributed by atoms with Crippen LogP contribution in [0.3, 0.4) is 0 Å². The molecule has 0 radical (unpaired) electrons. The van der Waals surface area contributed by atoms with Gasteiger partial charge in [0.2, 0.25) is 0 Å². The number of hydrogen-bond donors (Lipinski definition) is 3. The van der Waals surface area contributed by atoms with Crippen molar-refractivity contribution in [2.24, 2.45) is 10.4 Å². The van der Waals surface area contributed by atoms with Gasteiger partial charge in [0.05, 0.1) is 12.6 Å². The van der Waals surface area contributed by atoms with Crippen molar-refractivity contribution in [3.63, 3.8) is 0 Å². The summed E-state index contributed by atoms with van der Waals surface area (Å²) in [6.45, 7) is 6.65. The van der Waals surface area contributed by atoms with Crippen LogP contribution in [0.15, 0.2) is 22.5 Å². The summed E-state index contributed by atoms with van der Waals surface area (Å²) in [5.41, 5.74) is -0.0750. The van der Waals surface area contributed by atoms with E-state index >= 15 is 0 Å². The van der Waals surface area contributed by atoms with Gasteiger partial charge in [-0.1, -0.05) is 25.8 Å². The van der Waals surface area contributed by atoms with Crippen LogP contribution in [0.4, 0.5) is 0 Å². The van der Waals surface area contributed by atoms with Crippen molar-refractivity contribution in [1.29, 1.82) is 0 Å². The third-order valence-corrected chi connectivity index (χ3v) is 5.40. The van der Waals surface area contributed by atoms with Gasteiger partial charge >= 0.3 is 0 Å². The van der Waals surface area contributed by atoms with Crippen molar-refractivity contribution in [2.45, 2.75) is 52.1 Å². The maximum absolute atomic E-state index is 10.3. The van der Waals surface area contributed by atoms with Gasteiger partial charge in [-0.3, -0.25) is 4.99 Å². The average molecular weight is 324 g/mol. The highest BCUT2D eigenvalue weighted by atomic mass is 32.1. The van der Waals surface area contributed by atoms with E-state index in [0.29, 0.717) is 6.54 Å². The van der Waals surface area contributed by atoms with Crippen LogP contribution in [-0.2, 0) is 6.42 Å². The van der Waals surface area contributed by atoms with Crippen LogP contribution in [0.2, 0.25) is 0 Å². The van der Waals surface area contributed by atoms with Gasteiger partial charge in [0.15, 0.2) is 5.96 Å². The summed E-state index contributed by atoms with van der Waals surface area (Å²) in [6.07, 6.45) is 5.10.